The van der Waals surface area contributed by atoms with Gasteiger partial charge in [-0.2, -0.15) is 13.2 Å². The second-order valence-electron chi connectivity index (χ2n) is 6.13. The van der Waals surface area contributed by atoms with E-state index in [1.807, 2.05) is 13.8 Å². The van der Waals surface area contributed by atoms with Gasteiger partial charge in [-0.25, -0.2) is 9.97 Å². The zero-order chi connectivity index (χ0) is 19.5. The number of aryl methyl sites for hydroxylation is 1. The zero-order valence-electron chi connectivity index (χ0n) is 14.4. The number of nitrogens with zero attached hydrogens (tertiary/aromatic N) is 2. The van der Waals surface area contributed by atoms with Crippen molar-refractivity contribution in [2.24, 2.45) is 5.92 Å². The van der Waals surface area contributed by atoms with Gasteiger partial charge in [0.05, 0.1) is 11.3 Å². The maximum absolute atomic E-state index is 13.2. The maximum atomic E-state index is 13.2. The van der Waals surface area contributed by atoms with E-state index < -0.39 is 17.6 Å². The lowest BCUT2D eigenvalue weighted by atomic mass is 10.1. The summed E-state index contributed by atoms with van der Waals surface area (Å²) in [6, 6.07) is 4.80. The summed E-state index contributed by atoms with van der Waals surface area (Å²) in [6.07, 6.45) is -4.60. The van der Waals surface area contributed by atoms with Crippen LogP contribution >= 0.6 is 11.6 Å². The number of hydrogen-bond donors (Lipinski definition) is 2. The third-order valence-corrected chi connectivity index (χ3v) is 3.53. The highest BCUT2D eigenvalue weighted by atomic mass is 35.5. The number of carbonyl (C=O) groups is 1. The highest BCUT2D eigenvalue weighted by Gasteiger charge is 2.34. The first-order chi connectivity index (χ1) is 12.1. The Kier molecular flexibility index (Phi) is 6.07. The molecule has 0 spiro atoms. The third kappa shape index (κ3) is 5.32. The summed E-state index contributed by atoms with van der Waals surface area (Å²) in [6.45, 7) is 5.97. The molecule has 0 saturated carbocycles. The second-order valence-corrected chi connectivity index (χ2v) is 6.57. The molecular formula is C17H18ClF3N4O. The van der Waals surface area contributed by atoms with Crippen LogP contribution in [0.3, 0.4) is 0 Å². The molecule has 2 N–H and O–H groups in total. The van der Waals surface area contributed by atoms with Crippen molar-refractivity contribution in [1.29, 1.82) is 0 Å². The first-order valence-corrected chi connectivity index (χ1v) is 8.21. The molecule has 0 saturated heterocycles. The van der Waals surface area contributed by atoms with Crippen LogP contribution in [0.1, 0.15) is 35.6 Å². The monoisotopic (exact) mass is 386 g/mol. The lowest BCUT2D eigenvalue weighted by molar-refractivity contribution is -0.136. The van der Waals surface area contributed by atoms with Crippen LogP contribution in [-0.4, -0.2) is 22.4 Å². The number of rotatable bonds is 5. The lowest BCUT2D eigenvalue weighted by Gasteiger charge is -2.15. The molecule has 9 heteroatoms. The second kappa shape index (κ2) is 7.90. The number of carbonyl (C=O) groups excluding carboxylic acids is 1. The van der Waals surface area contributed by atoms with Gasteiger partial charge in [-0.3, -0.25) is 4.79 Å². The Balaban J connectivity index is 2.32. The van der Waals surface area contributed by atoms with Crippen molar-refractivity contribution in [2.45, 2.75) is 26.9 Å². The van der Waals surface area contributed by atoms with Crippen molar-refractivity contribution in [3.8, 4) is 0 Å². The minimum atomic E-state index is -4.60. The third-order valence-electron chi connectivity index (χ3n) is 3.29. The van der Waals surface area contributed by atoms with E-state index >= 15 is 0 Å². The van der Waals surface area contributed by atoms with Gasteiger partial charge >= 0.3 is 6.18 Å². The molecule has 0 bridgehead atoms. The van der Waals surface area contributed by atoms with Crippen molar-refractivity contribution >= 4 is 29.1 Å². The van der Waals surface area contributed by atoms with Crippen molar-refractivity contribution in [3.63, 3.8) is 0 Å². The molecule has 2 rings (SSSR count). The van der Waals surface area contributed by atoms with Crippen LogP contribution in [0.25, 0.3) is 0 Å². The minimum absolute atomic E-state index is 0.0400. The summed E-state index contributed by atoms with van der Waals surface area (Å²) in [7, 11) is 0. The quantitative estimate of drug-likeness (QED) is 0.788. The van der Waals surface area contributed by atoms with Gasteiger partial charge in [0.1, 0.15) is 5.69 Å². The Labute approximate surface area is 154 Å². The van der Waals surface area contributed by atoms with Crippen LogP contribution in [0, 0.1) is 12.8 Å². The van der Waals surface area contributed by atoms with Gasteiger partial charge in [0, 0.05) is 17.3 Å². The van der Waals surface area contributed by atoms with Gasteiger partial charge in [0.2, 0.25) is 5.95 Å². The number of amides is 1. The number of benzene rings is 1. The Morgan fingerprint density at radius 1 is 1.23 bits per heavy atom. The fourth-order valence-corrected chi connectivity index (χ4v) is 2.28. The van der Waals surface area contributed by atoms with Crippen LogP contribution in [0.15, 0.2) is 24.3 Å². The summed E-state index contributed by atoms with van der Waals surface area (Å²) in [4.78, 5) is 20.2. The molecular weight excluding hydrogens is 369 g/mol. The minimum Gasteiger partial charge on any atom is -0.350 e. The predicted molar refractivity (Wildman–Crippen MR) is 93.7 cm³/mol. The van der Waals surface area contributed by atoms with Gasteiger partial charge in [-0.1, -0.05) is 25.4 Å². The number of halogens is 4. The van der Waals surface area contributed by atoms with Crippen LogP contribution < -0.4 is 10.6 Å². The molecule has 0 radical (unpaired) electrons. The summed E-state index contributed by atoms with van der Waals surface area (Å²) < 4.78 is 39.6. The molecule has 0 unspecified atom stereocenters. The smallest absolute Gasteiger partial charge is 0.350 e. The van der Waals surface area contributed by atoms with Crippen LogP contribution in [-0.2, 0) is 6.18 Å². The number of anilines is 2. The van der Waals surface area contributed by atoms with Crippen LogP contribution in [0.5, 0.6) is 0 Å². The molecule has 1 heterocycles. The lowest BCUT2D eigenvalue weighted by Crippen LogP contribution is -2.28. The predicted octanol–water partition coefficient (Wildman–Crippen LogP) is 4.59. The van der Waals surface area contributed by atoms with Gasteiger partial charge in [0.25, 0.3) is 5.91 Å². The van der Waals surface area contributed by atoms with E-state index in [9.17, 15) is 18.0 Å². The number of nitrogens with one attached hydrogen (secondary N) is 2. The van der Waals surface area contributed by atoms with Gasteiger partial charge in [0.15, 0.2) is 0 Å². The van der Waals surface area contributed by atoms with Gasteiger partial charge < -0.3 is 10.6 Å². The highest BCUT2D eigenvalue weighted by molar-refractivity contribution is 6.30. The molecule has 0 aliphatic rings. The summed E-state index contributed by atoms with van der Waals surface area (Å²) in [5.74, 6) is -0.269. The van der Waals surface area contributed by atoms with E-state index in [-0.39, 0.29) is 28.3 Å². The molecule has 1 aromatic heterocycles. The Morgan fingerprint density at radius 2 is 1.92 bits per heavy atom. The van der Waals surface area contributed by atoms with E-state index in [4.69, 9.17) is 11.6 Å². The molecule has 5 nitrogen and oxygen atoms in total. The summed E-state index contributed by atoms with van der Waals surface area (Å²) in [5.41, 5.74) is -0.676. The van der Waals surface area contributed by atoms with Gasteiger partial charge in [-0.15, -0.1) is 0 Å². The largest absolute Gasteiger partial charge is 0.418 e. The SMILES string of the molecule is Cc1cc(C(=O)NCC(C)C)nc(Nc2ccc(Cl)cc2C(F)(F)F)n1. The molecule has 0 aliphatic carbocycles. The van der Waals surface area contributed by atoms with E-state index in [1.165, 1.54) is 18.2 Å². The topological polar surface area (TPSA) is 66.9 Å². The Hall–Kier alpha value is -2.35. The molecule has 1 amide bonds. The van der Waals surface area contributed by atoms with E-state index in [0.29, 0.717) is 12.2 Å². The average Bonchev–Trinajstić information content (AvgIpc) is 2.52. The standard InChI is InChI=1S/C17H18ClF3N4O/c1-9(2)8-22-15(26)14-6-10(3)23-16(25-14)24-13-5-4-11(18)7-12(13)17(19,20)21/h4-7,9H,8H2,1-3H3,(H,22,26)(H,23,24,25). The van der Waals surface area contributed by atoms with Crippen molar-refractivity contribution in [1.82, 2.24) is 15.3 Å². The number of alkyl halides is 3. The first-order valence-electron chi connectivity index (χ1n) is 7.84. The maximum Gasteiger partial charge on any atom is 0.418 e. The molecule has 0 atom stereocenters. The molecule has 140 valence electrons. The van der Waals surface area contributed by atoms with Gasteiger partial charge in [-0.05, 0) is 37.1 Å². The number of aromatic nitrogens is 2. The van der Waals surface area contributed by atoms with E-state index in [2.05, 4.69) is 20.6 Å². The Morgan fingerprint density at radius 3 is 2.54 bits per heavy atom. The first kappa shape index (κ1) is 20.0. The fraction of sp³-hybridized carbons (Fsp3) is 0.353. The molecule has 0 fully saturated rings. The number of hydrogen-bond acceptors (Lipinski definition) is 4. The van der Waals surface area contributed by atoms with Crippen molar-refractivity contribution in [2.75, 3.05) is 11.9 Å². The fourth-order valence-electron chi connectivity index (χ4n) is 2.11. The molecule has 2 aromatic rings. The molecule has 0 aliphatic heterocycles. The molecule has 26 heavy (non-hydrogen) atoms. The molecule has 1 aromatic carbocycles. The summed E-state index contributed by atoms with van der Waals surface area (Å²) in [5, 5.41) is 5.19. The average molecular weight is 387 g/mol. The Bertz CT molecular complexity index is 809. The highest BCUT2D eigenvalue weighted by Crippen LogP contribution is 2.37. The van der Waals surface area contributed by atoms with Crippen molar-refractivity contribution in [3.05, 3.63) is 46.2 Å². The van der Waals surface area contributed by atoms with E-state index in [0.717, 1.165) is 6.07 Å². The zero-order valence-corrected chi connectivity index (χ0v) is 15.2. The van der Waals surface area contributed by atoms with Crippen molar-refractivity contribution < 1.29 is 18.0 Å². The van der Waals surface area contributed by atoms with Crippen LogP contribution in [0.4, 0.5) is 24.8 Å². The van der Waals surface area contributed by atoms with Crippen LogP contribution in [0.2, 0.25) is 5.02 Å². The van der Waals surface area contributed by atoms with E-state index in [1.54, 1.807) is 6.92 Å². The normalized spacial score (nSPS) is 11.5. The summed E-state index contributed by atoms with van der Waals surface area (Å²) >= 11 is 5.67.